The Hall–Kier alpha value is -2.78. The van der Waals surface area contributed by atoms with Gasteiger partial charge in [-0.15, -0.1) is 0 Å². The van der Waals surface area contributed by atoms with Crippen molar-refractivity contribution in [2.45, 2.75) is 30.9 Å². The lowest BCUT2D eigenvalue weighted by molar-refractivity contribution is -0.117. The summed E-state index contributed by atoms with van der Waals surface area (Å²) in [6.45, 7) is -1.15. The van der Waals surface area contributed by atoms with Crippen LogP contribution in [0.25, 0.3) is 6.08 Å². The molecular weight excluding hydrogens is 402 g/mol. The van der Waals surface area contributed by atoms with Crippen LogP contribution in [0.4, 0.5) is 8.78 Å². The Bertz CT molecular complexity index is 961. The number of para-hydroxylation sites is 1. The summed E-state index contributed by atoms with van der Waals surface area (Å²) in [5.74, 6) is -0.407. The molecule has 156 valence electrons. The largest absolute Gasteiger partial charge is 0.434 e. The first-order chi connectivity index (χ1) is 13.8. The Morgan fingerprint density at radius 3 is 2.38 bits per heavy atom. The van der Waals surface area contributed by atoms with Gasteiger partial charge in [0.25, 0.3) is 0 Å². The fourth-order valence-corrected chi connectivity index (χ4v) is 3.37. The molecule has 1 amide bonds. The first-order valence-electron chi connectivity index (χ1n) is 8.82. The number of benzene rings is 2. The van der Waals surface area contributed by atoms with Crippen molar-refractivity contribution in [3.05, 3.63) is 65.7 Å². The second kappa shape index (κ2) is 10.1. The molecule has 29 heavy (non-hydrogen) atoms. The zero-order chi connectivity index (χ0) is 21.4. The number of carbonyl (C=O) groups excluding carboxylic acids is 1. The van der Waals surface area contributed by atoms with Crippen LogP contribution in [0.15, 0.2) is 59.5 Å². The van der Waals surface area contributed by atoms with Gasteiger partial charge in [-0.05, 0) is 43.3 Å². The van der Waals surface area contributed by atoms with Crippen molar-refractivity contribution in [3.8, 4) is 5.75 Å². The molecule has 0 aromatic heterocycles. The number of halogens is 2. The van der Waals surface area contributed by atoms with Crippen LogP contribution in [0.1, 0.15) is 30.5 Å². The van der Waals surface area contributed by atoms with Crippen LogP contribution in [0.2, 0.25) is 0 Å². The predicted octanol–water partition coefficient (Wildman–Crippen LogP) is 3.48. The van der Waals surface area contributed by atoms with Crippen molar-refractivity contribution >= 4 is 22.0 Å². The molecule has 0 heterocycles. The van der Waals surface area contributed by atoms with E-state index in [0.29, 0.717) is 17.5 Å². The number of rotatable bonds is 9. The molecule has 1 atom stereocenters. The quantitative estimate of drug-likeness (QED) is 0.604. The monoisotopic (exact) mass is 424 g/mol. The molecule has 0 bridgehead atoms. The number of ether oxygens (including phenoxy) is 1. The van der Waals surface area contributed by atoms with Gasteiger partial charge in [0.1, 0.15) is 5.75 Å². The SMILES string of the molecule is CCC(NC(=O)/C=C/c1ccc(S(=O)(=O)NC)cc1)c1ccccc1OC(F)F. The number of carbonyl (C=O) groups is 1. The molecule has 0 saturated heterocycles. The van der Waals surface area contributed by atoms with Crippen molar-refractivity contribution in [1.29, 1.82) is 0 Å². The number of nitrogens with one attached hydrogen (secondary N) is 2. The number of amides is 1. The van der Waals surface area contributed by atoms with Crippen LogP contribution in [0.3, 0.4) is 0 Å². The molecule has 2 N–H and O–H groups in total. The highest BCUT2D eigenvalue weighted by Gasteiger charge is 2.18. The zero-order valence-corrected chi connectivity index (χ0v) is 16.7. The van der Waals surface area contributed by atoms with Gasteiger partial charge < -0.3 is 10.1 Å². The van der Waals surface area contributed by atoms with Gasteiger partial charge in [-0.2, -0.15) is 8.78 Å². The van der Waals surface area contributed by atoms with Gasteiger partial charge in [-0.3, -0.25) is 4.79 Å². The van der Waals surface area contributed by atoms with E-state index in [9.17, 15) is 22.0 Å². The third-order valence-corrected chi connectivity index (χ3v) is 5.55. The van der Waals surface area contributed by atoms with Crippen LogP contribution < -0.4 is 14.8 Å². The van der Waals surface area contributed by atoms with Gasteiger partial charge in [0.2, 0.25) is 15.9 Å². The van der Waals surface area contributed by atoms with Crippen LogP contribution in [-0.2, 0) is 14.8 Å². The van der Waals surface area contributed by atoms with E-state index in [1.165, 1.54) is 37.4 Å². The summed E-state index contributed by atoms with van der Waals surface area (Å²) in [7, 11) is -2.21. The lowest BCUT2D eigenvalue weighted by Crippen LogP contribution is -2.27. The fourth-order valence-electron chi connectivity index (χ4n) is 2.64. The third kappa shape index (κ3) is 6.37. The van der Waals surface area contributed by atoms with E-state index in [4.69, 9.17) is 0 Å². The number of hydrogen-bond acceptors (Lipinski definition) is 4. The molecule has 0 aliphatic rings. The molecule has 2 aromatic rings. The highest BCUT2D eigenvalue weighted by molar-refractivity contribution is 7.89. The maximum absolute atomic E-state index is 12.6. The maximum Gasteiger partial charge on any atom is 0.387 e. The molecule has 0 spiro atoms. The molecule has 9 heteroatoms. The van der Waals surface area contributed by atoms with Gasteiger partial charge in [-0.1, -0.05) is 37.3 Å². The van der Waals surface area contributed by atoms with E-state index in [0.717, 1.165) is 0 Å². The Kier molecular flexibility index (Phi) is 7.86. The molecule has 2 rings (SSSR count). The van der Waals surface area contributed by atoms with Crippen molar-refractivity contribution in [3.63, 3.8) is 0 Å². The highest BCUT2D eigenvalue weighted by atomic mass is 32.2. The van der Waals surface area contributed by atoms with Gasteiger partial charge in [0, 0.05) is 11.6 Å². The lowest BCUT2D eigenvalue weighted by Gasteiger charge is -2.19. The van der Waals surface area contributed by atoms with Crippen molar-refractivity contribution in [2.24, 2.45) is 0 Å². The van der Waals surface area contributed by atoms with Crippen LogP contribution in [0.5, 0.6) is 5.75 Å². The zero-order valence-electron chi connectivity index (χ0n) is 15.9. The van der Waals surface area contributed by atoms with E-state index in [2.05, 4.69) is 14.8 Å². The number of sulfonamides is 1. The Morgan fingerprint density at radius 1 is 1.14 bits per heavy atom. The molecular formula is C20H22F2N2O4S. The summed E-state index contributed by atoms with van der Waals surface area (Å²) >= 11 is 0. The minimum Gasteiger partial charge on any atom is -0.434 e. The lowest BCUT2D eigenvalue weighted by atomic mass is 10.0. The van der Waals surface area contributed by atoms with Gasteiger partial charge in [0.05, 0.1) is 10.9 Å². The number of alkyl halides is 2. The summed E-state index contributed by atoms with van der Waals surface area (Å²) in [6.07, 6.45) is 3.29. The second-order valence-electron chi connectivity index (χ2n) is 6.00. The van der Waals surface area contributed by atoms with Crippen LogP contribution >= 0.6 is 0 Å². The Balaban J connectivity index is 2.09. The summed E-state index contributed by atoms with van der Waals surface area (Å²) in [6, 6.07) is 11.8. The van der Waals surface area contributed by atoms with Crippen LogP contribution in [-0.4, -0.2) is 28.0 Å². The summed E-state index contributed by atoms with van der Waals surface area (Å²) in [5, 5.41) is 2.76. The highest BCUT2D eigenvalue weighted by Crippen LogP contribution is 2.28. The average molecular weight is 424 g/mol. The molecule has 6 nitrogen and oxygen atoms in total. The minimum atomic E-state index is -3.53. The van der Waals surface area contributed by atoms with Gasteiger partial charge in [0.15, 0.2) is 0 Å². The molecule has 1 unspecified atom stereocenters. The summed E-state index contributed by atoms with van der Waals surface area (Å²) in [4.78, 5) is 12.4. The standard InChI is InChI=1S/C20H22F2N2O4S/c1-3-17(16-6-4-5-7-18(16)28-20(21)22)24-19(25)13-10-14-8-11-15(12-9-14)29(26,27)23-2/h4-13,17,20,23H,3H2,1-2H3,(H,24,25)/b13-10+. The van der Waals surface area contributed by atoms with E-state index in [-0.39, 0.29) is 10.6 Å². The Labute approximate surface area is 168 Å². The summed E-state index contributed by atoms with van der Waals surface area (Å²) in [5.41, 5.74) is 1.09. The predicted molar refractivity (Wildman–Crippen MR) is 106 cm³/mol. The Morgan fingerprint density at radius 2 is 1.79 bits per heavy atom. The van der Waals surface area contributed by atoms with Gasteiger partial charge in [-0.25, -0.2) is 13.1 Å². The van der Waals surface area contributed by atoms with Crippen molar-refractivity contribution in [2.75, 3.05) is 7.05 Å². The second-order valence-corrected chi connectivity index (χ2v) is 7.88. The topological polar surface area (TPSA) is 84.5 Å². The third-order valence-electron chi connectivity index (χ3n) is 4.12. The van der Waals surface area contributed by atoms with Gasteiger partial charge >= 0.3 is 6.61 Å². The number of hydrogen-bond donors (Lipinski definition) is 2. The normalized spacial score (nSPS) is 12.9. The van der Waals surface area contributed by atoms with E-state index < -0.39 is 28.6 Å². The molecule has 0 saturated carbocycles. The van der Waals surface area contributed by atoms with Crippen molar-refractivity contribution < 1.29 is 26.7 Å². The minimum absolute atomic E-state index is 0.0139. The molecule has 2 aromatic carbocycles. The maximum atomic E-state index is 12.6. The molecule has 0 aliphatic carbocycles. The first kappa shape index (κ1) is 22.5. The smallest absolute Gasteiger partial charge is 0.387 e. The van der Waals surface area contributed by atoms with E-state index >= 15 is 0 Å². The van der Waals surface area contributed by atoms with Crippen LogP contribution in [0, 0.1) is 0 Å². The molecule has 0 fully saturated rings. The summed E-state index contributed by atoms with van der Waals surface area (Å²) < 4.78 is 55.4. The molecule has 0 aliphatic heterocycles. The van der Waals surface area contributed by atoms with E-state index in [1.54, 1.807) is 30.3 Å². The van der Waals surface area contributed by atoms with Crippen molar-refractivity contribution in [1.82, 2.24) is 10.0 Å². The fraction of sp³-hybridized carbons (Fsp3) is 0.250. The van der Waals surface area contributed by atoms with E-state index in [1.807, 2.05) is 6.92 Å². The first-order valence-corrected chi connectivity index (χ1v) is 10.3. The molecule has 0 radical (unpaired) electrons. The average Bonchev–Trinajstić information content (AvgIpc) is 2.71.